The first-order chi connectivity index (χ1) is 10.3. The first kappa shape index (κ1) is 17.2. The lowest BCUT2D eigenvalue weighted by Crippen LogP contribution is -2.45. The Balaban J connectivity index is 2.69. The SMILES string of the molecule is CC(=O)COc1ccc(CC(NC(=O)C(=O)O)C(=O)O)cc1. The van der Waals surface area contributed by atoms with Gasteiger partial charge in [-0.25, -0.2) is 9.59 Å². The smallest absolute Gasteiger partial charge is 0.394 e. The van der Waals surface area contributed by atoms with Gasteiger partial charge in [0.1, 0.15) is 18.4 Å². The lowest BCUT2D eigenvalue weighted by molar-refractivity contribution is -0.152. The van der Waals surface area contributed by atoms with Gasteiger partial charge in [0.05, 0.1) is 0 Å². The molecular weight excluding hydrogens is 294 g/mol. The number of Topliss-reactive ketones (excluding diaryl/α,β-unsaturated/α-hetero) is 1. The minimum absolute atomic E-state index is 0.0637. The number of benzene rings is 1. The van der Waals surface area contributed by atoms with Gasteiger partial charge in [-0.2, -0.15) is 0 Å². The minimum atomic E-state index is -1.75. The fourth-order valence-corrected chi connectivity index (χ4v) is 1.56. The molecule has 1 aromatic rings. The topological polar surface area (TPSA) is 130 Å². The van der Waals surface area contributed by atoms with Gasteiger partial charge in [-0.3, -0.25) is 9.59 Å². The molecule has 0 heterocycles. The molecule has 1 unspecified atom stereocenters. The van der Waals surface area contributed by atoms with Crippen molar-refractivity contribution in [3.8, 4) is 5.75 Å². The maximum absolute atomic E-state index is 11.0. The van der Waals surface area contributed by atoms with Crippen LogP contribution >= 0.6 is 0 Å². The molecule has 0 saturated heterocycles. The zero-order chi connectivity index (χ0) is 16.7. The van der Waals surface area contributed by atoms with E-state index in [1.54, 1.807) is 24.3 Å². The lowest BCUT2D eigenvalue weighted by atomic mass is 10.1. The van der Waals surface area contributed by atoms with Crippen LogP contribution in [0.25, 0.3) is 0 Å². The molecule has 0 spiro atoms. The quantitative estimate of drug-likeness (QED) is 0.597. The summed E-state index contributed by atoms with van der Waals surface area (Å²) in [5.41, 5.74) is 0.563. The van der Waals surface area contributed by atoms with Crippen LogP contribution in [-0.4, -0.2) is 46.5 Å². The first-order valence-electron chi connectivity index (χ1n) is 6.27. The Morgan fingerprint density at radius 2 is 1.73 bits per heavy atom. The van der Waals surface area contributed by atoms with Crippen LogP contribution in [0.1, 0.15) is 12.5 Å². The zero-order valence-electron chi connectivity index (χ0n) is 11.7. The summed E-state index contributed by atoms with van der Waals surface area (Å²) in [5, 5.41) is 19.4. The summed E-state index contributed by atoms with van der Waals surface area (Å²) in [6, 6.07) is 4.89. The number of carbonyl (C=O) groups excluding carboxylic acids is 2. The highest BCUT2D eigenvalue weighted by Gasteiger charge is 2.23. The summed E-state index contributed by atoms with van der Waals surface area (Å²) >= 11 is 0. The summed E-state index contributed by atoms with van der Waals surface area (Å²) in [6.07, 6.45) is -0.0820. The monoisotopic (exact) mass is 309 g/mol. The minimum Gasteiger partial charge on any atom is -0.486 e. The Morgan fingerprint density at radius 3 is 2.18 bits per heavy atom. The molecule has 1 aromatic carbocycles. The maximum atomic E-state index is 11.0. The molecule has 0 saturated carbocycles. The standard InChI is InChI=1S/C14H15NO7/c1-8(16)7-22-10-4-2-9(3-5-10)6-11(13(18)19)15-12(17)14(20)21/h2-5,11H,6-7H2,1H3,(H,15,17)(H,18,19)(H,20,21). The molecule has 0 aliphatic heterocycles. The van der Waals surface area contributed by atoms with E-state index in [1.165, 1.54) is 6.92 Å². The van der Waals surface area contributed by atoms with Crippen LogP contribution < -0.4 is 10.1 Å². The third kappa shape index (κ3) is 5.61. The maximum Gasteiger partial charge on any atom is 0.394 e. The molecule has 0 bridgehead atoms. The number of aliphatic carboxylic acids is 2. The van der Waals surface area contributed by atoms with Gasteiger partial charge in [0.15, 0.2) is 5.78 Å². The molecule has 1 atom stereocenters. The molecule has 0 aromatic heterocycles. The van der Waals surface area contributed by atoms with Gasteiger partial charge in [0.25, 0.3) is 0 Å². The summed E-state index contributed by atoms with van der Waals surface area (Å²) in [6.45, 7) is 1.32. The predicted molar refractivity (Wildman–Crippen MR) is 73.5 cm³/mol. The Labute approximate surface area is 125 Å². The highest BCUT2D eigenvalue weighted by atomic mass is 16.5. The number of carboxylic acids is 2. The van der Waals surface area contributed by atoms with Crippen LogP contribution in [0, 0.1) is 0 Å². The molecule has 3 N–H and O–H groups in total. The highest BCUT2D eigenvalue weighted by molar-refractivity contribution is 6.31. The van der Waals surface area contributed by atoms with Gasteiger partial charge >= 0.3 is 17.8 Å². The summed E-state index contributed by atoms with van der Waals surface area (Å²) in [5.74, 6) is -4.16. The van der Waals surface area contributed by atoms with E-state index in [2.05, 4.69) is 0 Å². The van der Waals surface area contributed by atoms with E-state index in [1.807, 2.05) is 5.32 Å². The van der Waals surface area contributed by atoms with E-state index in [4.69, 9.17) is 14.9 Å². The number of carboxylic acid groups (broad SMARTS) is 2. The molecule has 8 nitrogen and oxygen atoms in total. The van der Waals surface area contributed by atoms with Crippen molar-refractivity contribution in [3.63, 3.8) is 0 Å². The van der Waals surface area contributed by atoms with Gasteiger partial charge in [-0.1, -0.05) is 12.1 Å². The van der Waals surface area contributed by atoms with Gasteiger partial charge < -0.3 is 20.3 Å². The number of hydrogen-bond donors (Lipinski definition) is 3. The van der Waals surface area contributed by atoms with Crippen molar-refractivity contribution in [1.29, 1.82) is 0 Å². The molecule has 1 rings (SSSR count). The lowest BCUT2D eigenvalue weighted by Gasteiger charge is -2.13. The van der Waals surface area contributed by atoms with Crippen molar-refractivity contribution < 1.29 is 34.1 Å². The van der Waals surface area contributed by atoms with Crippen molar-refractivity contribution in [2.75, 3.05) is 6.61 Å². The number of hydrogen-bond acceptors (Lipinski definition) is 5. The number of rotatable bonds is 7. The third-order valence-electron chi connectivity index (χ3n) is 2.60. The average Bonchev–Trinajstić information content (AvgIpc) is 2.45. The number of nitrogens with one attached hydrogen (secondary N) is 1. The molecule has 8 heteroatoms. The number of ether oxygens (including phenoxy) is 1. The molecule has 0 fully saturated rings. The molecule has 1 amide bonds. The van der Waals surface area contributed by atoms with Crippen LogP contribution in [0.5, 0.6) is 5.75 Å². The number of carbonyl (C=O) groups is 4. The summed E-state index contributed by atoms with van der Waals surface area (Å²) in [7, 11) is 0. The fourth-order valence-electron chi connectivity index (χ4n) is 1.56. The Kier molecular flexibility index (Phi) is 6.06. The van der Waals surface area contributed by atoms with Gasteiger partial charge in [-0.15, -0.1) is 0 Å². The fraction of sp³-hybridized carbons (Fsp3) is 0.286. The molecule has 118 valence electrons. The largest absolute Gasteiger partial charge is 0.486 e. The van der Waals surface area contributed by atoms with E-state index >= 15 is 0 Å². The van der Waals surface area contributed by atoms with Crippen LogP contribution in [0.4, 0.5) is 0 Å². The molecule has 22 heavy (non-hydrogen) atoms. The van der Waals surface area contributed by atoms with E-state index < -0.39 is 23.9 Å². The Bertz CT molecular complexity index is 579. The van der Waals surface area contributed by atoms with Gasteiger partial charge in [0, 0.05) is 6.42 Å². The summed E-state index contributed by atoms with van der Waals surface area (Å²) < 4.78 is 5.16. The van der Waals surface area contributed by atoms with Crippen molar-refractivity contribution >= 4 is 23.6 Å². The number of ketones is 1. The second kappa shape index (κ2) is 7.77. The summed E-state index contributed by atoms with van der Waals surface area (Å²) in [4.78, 5) is 43.3. The van der Waals surface area contributed by atoms with E-state index in [0.717, 1.165) is 0 Å². The Morgan fingerprint density at radius 1 is 1.14 bits per heavy atom. The van der Waals surface area contributed by atoms with Crippen LogP contribution in [0.2, 0.25) is 0 Å². The molecule has 0 aliphatic carbocycles. The van der Waals surface area contributed by atoms with E-state index in [0.29, 0.717) is 11.3 Å². The number of amides is 1. The van der Waals surface area contributed by atoms with Gasteiger partial charge in [-0.05, 0) is 24.6 Å². The first-order valence-corrected chi connectivity index (χ1v) is 6.27. The van der Waals surface area contributed by atoms with Crippen LogP contribution in [0.3, 0.4) is 0 Å². The van der Waals surface area contributed by atoms with Crippen LogP contribution in [0.15, 0.2) is 24.3 Å². The average molecular weight is 309 g/mol. The zero-order valence-corrected chi connectivity index (χ0v) is 11.7. The normalized spacial score (nSPS) is 11.3. The van der Waals surface area contributed by atoms with E-state index in [9.17, 15) is 19.2 Å². The van der Waals surface area contributed by atoms with Gasteiger partial charge in [0.2, 0.25) is 0 Å². The van der Waals surface area contributed by atoms with Crippen molar-refractivity contribution in [2.24, 2.45) is 0 Å². The molecule has 0 aliphatic rings. The van der Waals surface area contributed by atoms with Crippen molar-refractivity contribution in [1.82, 2.24) is 5.32 Å². The van der Waals surface area contributed by atoms with Crippen molar-refractivity contribution in [2.45, 2.75) is 19.4 Å². The van der Waals surface area contributed by atoms with Crippen molar-refractivity contribution in [3.05, 3.63) is 29.8 Å². The van der Waals surface area contributed by atoms with Crippen LogP contribution in [-0.2, 0) is 25.6 Å². The van der Waals surface area contributed by atoms with E-state index in [-0.39, 0.29) is 18.8 Å². The highest BCUT2D eigenvalue weighted by Crippen LogP contribution is 2.13. The second-order valence-corrected chi connectivity index (χ2v) is 4.51. The Hall–Kier alpha value is -2.90. The molecule has 0 radical (unpaired) electrons. The second-order valence-electron chi connectivity index (χ2n) is 4.51. The predicted octanol–water partition coefficient (Wildman–Crippen LogP) is -0.149. The molecular formula is C14H15NO7. The third-order valence-corrected chi connectivity index (χ3v) is 2.60.